The molecule has 1 heterocycles. The summed E-state index contributed by atoms with van der Waals surface area (Å²) in [5, 5.41) is 21.6. The number of hydrogen-bond donors (Lipinski definition) is 2. The average Bonchev–Trinajstić information content (AvgIpc) is 3.04. The smallest absolute Gasteiger partial charge is 0.367 e. The highest BCUT2D eigenvalue weighted by molar-refractivity contribution is 5.85. The maximum absolute atomic E-state index is 14.9. The van der Waals surface area contributed by atoms with E-state index in [-0.39, 0.29) is 36.3 Å². The number of halogens is 4. The highest BCUT2D eigenvalue weighted by atomic mass is 19.4. The van der Waals surface area contributed by atoms with Crippen molar-refractivity contribution < 1.29 is 27.1 Å². The summed E-state index contributed by atoms with van der Waals surface area (Å²) in [6, 6.07) is 10.4. The second-order valence-corrected chi connectivity index (χ2v) is 7.69. The summed E-state index contributed by atoms with van der Waals surface area (Å²) >= 11 is 0. The summed E-state index contributed by atoms with van der Waals surface area (Å²) < 4.78 is 60.4. The van der Waals surface area contributed by atoms with E-state index in [1.807, 2.05) is 6.07 Å². The normalized spacial score (nSPS) is 19.7. The average molecular weight is 460 g/mol. The molecule has 0 saturated carbocycles. The lowest BCUT2D eigenvalue weighted by Crippen LogP contribution is -2.57. The highest BCUT2D eigenvalue weighted by Crippen LogP contribution is 2.35. The third kappa shape index (κ3) is 4.98. The van der Waals surface area contributed by atoms with Crippen molar-refractivity contribution in [3.05, 3.63) is 58.9 Å². The van der Waals surface area contributed by atoms with Crippen molar-refractivity contribution in [1.82, 2.24) is 5.32 Å². The number of hydrogen-bond acceptors (Lipinski definition) is 5. The molecule has 2 aromatic rings. The van der Waals surface area contributed by atoms with Gasteiger partial charge in [-0.1, -0.05) is 18.2 Å². The molecule has 1 fully saturated rings. The molecule has 1 amide bonds. The zero-order valence-electron chi connectivity index (χ0n) is 17.4. The van der Waals surface area contributed by atoms with Gasteiger partial charge in [-0.2, -0.15) is 23.7 Å². The van der Waals surface area contributed by atoms with E-state index in [0.717, 1.165) is 18.2 Å². The summed E-state index contributed by atoms with van der Waals surface area (Å²) in [5.41, 5.74) is 2.60. The summed E-state index contributed by atoms with van der Waals surface area (Å²) in [4.78, 5) is 12.2. The van der Waals surface area contributed by atoms with Crippen molar-refractivity contribution in [1.29, 1.82) is 10.5 Å². The van der Waals surface area contributed by atoms with Crippen molar-refractivity contribution in [2.75, 3.05) is 19.7 Å². The Morgan fingerprint density at radius 1 is 1.21 bits per heavy atom. The number of nitrogens with one attached hydrogen (secondary N) is 1. The van der Waals surface area contributed by atoms with Crippen LogP contribution in [0.5, 0.6) is 0 Å². The van der Waals surface area contributed by atoms with Gasteiger partial charge in [0.05, 0.1) is 29.2 Å². The van der Waals surface area contributed by atoms with Gasteiger partial charge in [-0.15, -0.1) is 0 Å². The van der Waals surface area contributed by atoms with Crippen LogP contribution in [-0.2, 0) is 22.1 Å². The quantitative estimate of drug-likeness (QED) is 0.665. The molecule has 1 saturated heterocycles. The first-order valence-electron chi connectivity index (χ1n) is 10.1. The topological polar surface area (TPSA) is 112 Å². The first-order valence-corrected chi connectivity index (χ1v) is 10.1. The van der Waals surface area contributed by atoms with Gasteiger partial charge in [0.25, 0.3) is 5.91 Å². The van der Waals surface area contributed by atoms with E-state index in [2.05, 4.69) is 5.32 Å². The van der Waals surface area contributed by atoms with E-state index in [1.165, 1.54) is 24.3 Å². The van der Waals surface area contributed by atoms with E-state index in [0.29, 0.717) is 13.0 Å². The number of carbonyl (C=O) groups excluding carboxylic acids is 1. The highest BCUT2D eigenvalue weighted by Gasteiger charge is 2.46. The number of rotatable bonds is 5. The molecule has 10 heteroatoms. The molecule has 0 aromatic heterocycles. The van der Waals surface area contributed by atoms with Gasteiger partial charge in [-0.05, 0) is 54.3 Å². The van der Waals surface area contributed by atoms with E-state index < -0.39 is 40.5 Å². The molecule has 0 aliphatic carbocycles. The zero-order valence-corrected chi connectivity index (χ0v) is 17.4. The minimum absolute atomic E-state index is 0.00568. The number of alkyl halides is 3. The first kappa shape index (κ1) is 24.2. The predicted octanol–water partition coefficient (Wildman–Crippen LogP) is 3.30. The number of benzene rings is 2. The van der Waals surface area contributed by atoms with Crippen molar-refractivity contribution in [3.63, 3.8) is 0 Å². The fraction of sp³-hybridized carbons (Fsp3) is 0.348. The Kier molecular flexibility index (Phi) is 7.01. The van der Waals surface area contributed by atoms with Gasteiger partial charge in [0, 0.05) is 13.2 Å². The molecule has 1 unspecified atom stereocenters. The van der Waals surface area contributed by atoms with Gasteiger partial charge < -0.3 is 15.8 Å². The molecule has 6 nitrogen and oxygen atoms in total. The number of nitriles is 2. The molecule has 2 atom stereocenters. The third-order valence-corrected chi connectivity index (χ3v) is 5.64. The van der Waals surface area contributed by atoms with Gasteiger partial charge >= 0.3 is 6.18 Å². The number of amides is 1. The van der Waals surface area contributed by atoms with Gasteiger partial charge in [0.2, 0.25) is 0 Å². The Bertz CT molecular complexity index is 1130. The molecular formula is C23H20F4N4O2. The lowest BCUT2D eigenvalue weighted by atomic mass is 9.82. The number of nitrogens with two attached hydrogens (primary N) is 1. The zero-order chi connectivity index (χ0) is 24.2. The van der Waals surface area contributed by atoms with Crippen molar-refractivity contribution in [3.8, 4) is 23.3 Å². The minimum atomic E-state index is -4.74. The maximum atomic E-state index is 14.9. The molecule has 3 rings (SSSR count). The predicted molar refractivity (Wildman–Crippen MR) is 110 cm³/mol. The van der Waals surface area contributed by atoms with Crippen LogP contribution in [0.3, 0.4) is 0 Å². The fourth-order valence-corrected chi connectivity index (χ4v) is 3.81. The van der Waals surface area contributed by atoms with Crippen LogP contribution < -0.4 is 11.1 Å². The van der Waals surface area contributed by atoms with Crippen LogP contribution in [0, 0.1) is 34.4 Å². The molecule has 0 spiro atoms. The number of carbonyl (C=O) groups is 1. The molecule has 1 aliphatic rings. The van der Waals surface area contributed by atoms with Gasteiger partial charge in [-0.25, -0.2) is 4.39 Å². The Morgan fingerprint density at radius 2 is 1.91 bits per heavy atom. The van der Waals surface area contributed by atoms with Crippen LogP contribution in [0.1, 0.15) is 23.1 Å². The molecule has 1 aliphatic heterocycles. The fourth-order valence-electron chi connectivity index (χ4n) is 3.81. The van der Waals surface area contributed by atoms with E-state index in [1.54, 1.807) is 0 Å². The summed E-state index contributed by atoms with van der Waals surface area (Å²) in [6.45, 7) is 0.780. The van der Waals surface area contributed by atoms with Crippen LogP contribution in [0.25, 0.3) is 11.1 Å². The van der Waals surface area contributed by atoms with Crippen LogP contribution >= 0.6 is 0 Å². The Labute approximate surface area is 187 Å². The largest absolute Gasteiger partial charge is 0.417 e. The van der Waals surface area contributed by atoms with Crippen molar-refractivity contribution in [2.45, 2.75) is 24.6 Å². The third-order valence-electron chi connectivity index (χ3n) is 5.64. The maximum Gasteiger partial charge on any atom is 0.417 e. The van der Waals surface area contributed by atoms with Gasteiger partial charge in [0.15, 0.2) is 5.60 Å². The summed E-state index contributed by atoms with van der Waals surface area (Å²) in [6.07, 6.45) is -4.31. The van der Waals surface area contributed by atoms with Crippen LogP contribution in [0.2, 0.25) is 0 Å². The second kappa shape index (κ2) is 9.57. The van der Waals surface area contributed by atoms with Crippen LogP contribution in [-0.4, -0.2) is 31.2 Å². The van der Waals surface area contributed by atoms with E-state index >= 15 is 0 Å². The lowest BCUT2D eigenvalue weighted by Gasteiger charge is -2.33. The molecule has 2 aromatic carbocycles. The van der Waals surface area contributed by atoms with E-state index in [4.69, 9.17) is 15.7 Å². The molecular weight excluding hydrogens is 440 g/mol. The molecule has 33 heavy (non-hydrogen) atoms. The number of primary amides is 1. The Morgan fingerprint density at radius 3 is 2.52 bits per heavy atom. The summed E-state index contributed by atoms with van der Waals surface area (Å²) in [7, 11) is 0. The Hall–Kier alpha value is -3.47. The lowest BCUT2D eigenvalue weighted by molar-refractivity contribution is -0.147. The van der Waals surface area contributed by atoms with Crippen molar-refractivity contribution >= 4 is 5.91 Å². The monoisotopic (exact) mass is 460 g/mol. The van der Waals surface area contributed by atoms with Crippen LogP contribution in [0.4, 0.5) is 17.6 Å². The molecule has 172 valence electrons. The SMILES string of the molecule is N#Cc1ccc(-c2ccc(C[C@@H](C#N)C3(C(N)=O)CNCCCO3)c(F)c2)cc1C(F)(F)F. The van der Waals surface area contributed by atoms with Crippen LogP contribution in [0.15, 0.2) is 36.4 Å². The van der Waals surface area contributed by atoms with Gasteiger partial charge in [-0.3, -0.25) is 4.79 Å². The molecule has 0 radical (unpaired) electrons. The number of ether oxygens (including phenoxy) is 1. The summed E-state index contributed by atoms with van der Waals surface area (Å²) in [5.74, 6) is -2.68. The van der Waals surface area contributed by atoms with Crippen molar-refractivity contribution in [2.24, 2.45) is 11.7 Å². The Balaban J connectivity index is 1.93. The standard InChI is InChI=1S/C23H20F4N4O2/c24-20-10-15(14-3-5-17(11-28)19(9-14)23(25,26)27)2-4-16(20)8-18(12-29)22(21(30)32)13-31-6-1-7-33-22/h2-5,9-10,18,31H,1,6-8,13H2,(H2,30,32)/t18-,22?/m0/s1. The van der Waals surface area contributed by atoms with E-state index in [9.17, 15) is 27.6 Å². The number of nitrogens with zero attached hydrogens (tertiary/aromatic N) is 2. The molecule has 0 bridgehead atoms. The second-order valence-electron chi connectivity index (χ2n) is 7.69. The first-order chi connectivity index (χ1) is 15.6. The van der Waals surface area contributed by atoms with Gasteiger partial charge in [0.1, 0.15) is 5.82 Å². The minimum Gasteiger partial charge on any atom is -0.367 e. The molecule has 3 N–H and O–H groups in total.